The van der Waals surface area contributed by atoms with E-state index in [0.717, 1.165) is 33.9 Å². The number of allylic oxidation sites excluding steroid dienone is 17. The molecule has 119 heavy (non-hydrogen) atoms. The van der Waals surface area contributed by atoms with E-state index in [-0.39, 0.29) is 143 Å². The summed E-state index contributed by atoms with van der Waals surface area (Å²) in [5.74, 6) is 3.66. The van der Waals surface area contributed by atoms with Crippen LogP contribution in [0.25, 0.3) is 96.6 Å². The first-order valence-electron chi connectivity index (χ1n) is 31.3. The number of carbonyl (C=O) groups excluding carboxylic acids is 10. The molecule has 0 heterocycles. The van der Waals surface area contributed by atoms with Gasteiger partial charge in [-0.05, 0) is 158 Å². The molecule has 600 valence electrons. The Morgan fingerprint density at radius 3 is 1.04 bits per heavy atom. The van der Waals surface area contributed by atoms with Crippen LogP contribution in [0.5, 0.6) is 0 Å². The van der Waals surface area contributed by atoms with E-state index in [0.29, 0.717) is 89.1 Å². The van der Waals surface area contributed by atoms with E-state index in [9.17, 15) is 44.6 Å². The molecule has 12 rings (SSSR count). The first-order valence-corrected chi connectivity index (χ1v) is 31.3. The van der Waals surface area contributed by atoms with Crippen molar-refractivity contribution < 1.29 is 82.4 Å². The zero-order valence-electron chi connectivity index (χ0n) is 59.5. The van der Waals surface area contributed by atoms with Crippen LogP contribution in [0, 0.1) is 65.6 Å². The van der Waals surface area contributed by atoms with Gasteiger partial charge in [0.15, 0.2) is 11.6 Å². The van der Waals surface area contributed by atoms with Crippen LogP contribution in [-0.4, -0.2) is 85.8 Å². The molecule has 29 heteroatoms. The molecule has 0 spiro atoms. The number of non-ortho nitro benzene ring substituents is 1. The number of carbonyl (C=O) groups is 4. The van der Waals surface area contributed by atoms with Crippen LogP contribution in [0.3, 0.4) is 0 Å². The standard InChI is InChI=1S/C17H18O4.C15H4N5O2.C15H5N4.C13H12O3.C12H5N2O.C9H6O2.3CO2.6CH4/c1-10(16(18)20-3)14-9-15(11(2)17(19)21-4)13-8-6-5-7-12(13)14;1-18-14(7-16)12-6-13(15(8-17)19-2)11-5-9(20(21)22)3-4-10(11)12;1-18-14(8-16)12-7-13(15(9-17)19-2)11-6-4-3-5-10(11)12;1-8(13(15)16-2)11-7-12(14)10-6-4-3-5-9(10)11;1-14-11(7-13)10-6-12(15)9-5-3-2-4-8(9)10;10-8-5-9(11)7-4-2-1-3-6(7)8;3*2-1-3;;;;;;/h5-9,18H,1-4H3;3-6H;3-7H;3-7,14H,1-2H3;2-6H;1-5,10H;;;;6*1H4/q;2*-1;;-1;;;;;;;;;;/p-3/b15-11+,16-10?;15-13-;14-12-;11-8+;;;;;;;;;;;. The molecule has 0 bridgehead atoms. The second kappa shape index (κ2) is 51.7. The average molecular weight is 1590 g/mol. The number of nitriles is 2. The molecule has 0 atom stereocenters. The maximum absolute atomic E-state index is 11.8. The third-order valence-electron chi connectivity index (χ3n) is 16.0. The van der Waals surface area contributed by atoms with Crippen LogP contribution < -0.4 is 15.3 Å². The maximum Gasteiger partial charge on any atom is 0.373 e. The van der Waals surface area contributed by atoms with E-state index in [1.54, 1.807) is 130 Å². The van der Waals surface area contributed by atoms with E-state index in [1.165, 1.54) is 57.8 Å². The number of esters is 2. The first-order chi connectivity index (χ1) is 54.3. The van der Waals surface area contributed by atoms with Crippen LogP contribution in [0.4, 0.5) is 5.69 Å². The fourth-order valence-electron chi connectivity index (χ4n) is 11.0. The molecule has 6 aromatic carbocycles. The van der Waals surface area contributed by atoms with E-state index in [2.05, 4.69) is 29.0 Å². The lowest BCUT2D eigenvalue weighted by atomic mass is 9.99. The first kappa shape index (κ1) is 105. The van der Waals surface area contributed by atoms with Gasteiger partial charge in [-0.3, -0.25) is 37.3 Å². The van der Waals surface area contributed by atoms with E-state index in [1.807, 2.05) is 54.4 Å². The molecule has 0 aromatic heterocycles. The topological polar surface area (TPSA) is 447 Å². The number of hydrogen-bond donors (Lipinski definition) is 0. The molecule has 0 amide bonds. The van der Waals surface area contributed by atoms with Crippen molar-refractivity contribution in [3.63, 3.8) is 0 Å². The third kappa shape index (κ3) is 25.1. The van der Waals surface area contributed by atoms with Crippen LogP contribution in [0.15, 0.2) is 227 Å². The Morgan fingerprint density at radius 2 is 0.689 bits per heavy atom. The van der Waals surface area contributed by atoms with Crippen LogP contribution >= 0.6 is 0 Å². The third-order valence-corrected chi connectivity index (χ3v) is 16.0. The predicted molar refractivity (Wildman–Crippen MR) is 440 cm³/mol. The Morgan fingerprint density at radius 1 is 0.403 bits per heavy atom. The van der Waals surface area contributed by atoms with Crippen molar-refractivity contribution in [2.45, 2.75) is 65.3 Å². The number of fused-ring (bicyclic) bond motifs is 6. The maximum atomic E-state index is 11.8. The van der Waals surface area contributed by atoms with Gasteiger partial charge in [-0.1, -0.05) is 190 Å². The minimum atomic E-state index is -0.594. The van der Waals surface area contributed by atoms with Crippen molar-refractivity contribution in [2.75, 3.05) is 21.3 Å². The van der Waals surface area contributed by atoms with Gasteiger partial charge in [0.05, 0.1) is 70.1 Å². The molecule has 0 unspecified atom stereocenters. The highest BCUT2D eigenvalue weighted by Crippen LogP contribution is 2.45. The van der Waals surface area contributed by atoms with Gasteiger partial charge in [0.2, 0.25) is 17.1 Å². The van der Waals surface area contributed by atoms with Gasteiger partial charge in [-0.25, -0.2) is 44.3 Å². The van der Waals surface area contributed by atoms with Crippen molar-refractivity contribution in [3.05, 3.63) is 377 Å². The molecule has 29 nitrogen and oxygen atoms in total. The zero-order valence-corrected chi connectivity index (χ0v) is 59.5. The zero-order chi connectivity index (χ0) is 84.2. The molecule has 6 aliphatic rings. The lowest BCUT2D eigenvalue weighted by Gasteiger charge is -2.15. The number of ketones is 2. The van der Waals surface area contributed by atoms with Crippen molar-refractivity contribution in [1.82, 2.24) is 0 Å². The summed E-state index contributed by atoms with van der Waals surface area (Å²) in [6.45, 7) is 40.0. The monoisotopic (exact) mass is 1590 g/mol. The van der Waals surface area contributed by atoms with Gasteiger partial charge in [0.1, 0.15) is 0 Å². The number of benzene rings is 6. The molecule has 0 saturated heterocycles. The predicted octanol–water partition coefficient (Wildman–Crippen LogP) is 15.0. The summed E-state index contributed by atoms with van der Waals surface area (Å²) >= 11 is 0. The van der Waals surface area contributed by atoms with Gasteiger partial charge in [0.25, 0.3) is 17.1 Å². The number of ether oxygens (including phenoxy) is 3. The summed E-state index contributed by atoms with van der Waals surface area (Å²) in [4.78, 5) is 120. The van der Waals surface area contributed by atoms with Gasteiger partial charge < -0.3 is 45.8 Å². The van der Waals surface area contributed by atoms with Crippen molar-refractivity contribution in [1.29, 1.82) is 10.5 Å². The molecular weight excluding hydrogens is 1520 g/mol. The Hall–Kier alpha value is -17.7. The summed E-state index contributed by atoms with van der Waals surface area (Å²) < 4.78 is 14.2. The summed E-state index contributed by atoms with van der Waals surface area (Å²) in [6, 6.07) is 43.3. The van der Waals surface area contributed by atoms with Crippen LogP contribution in [-0.2, 0) is 52.6 Å². The highest BCUT2D eigenvalue weighted by Gasteiger charge is 2.28. The molecule has 6 aromatic rings. The Kier molecular flexibility index (Phi) is 45.8. The van der Waals surface area contributed by atoms with Gasteiger partial charge in [-0.2, -0.15) is 28.8 Å². The van der Waals surface area contributed by atoms with Gasteiger partial charge in [0, 0.05) is 34.4 Å². The highest BCUT2D eigenvalue weighted by molar-refractivity contribution is 6.20. The molecule has 0 saturated carbocycles. The van der Waals surface area contributed by atoms with E-state index < -0.39 is 10.9 Å². The normalized spacial score (nSPS) is 13.0. The Labute approximate surface area is 687 Å². The summed E-state index contributed by atoms with van der Waals surface area (Å²) in [5.41, 5.74) is 12.4. The molecule has 0 N–H and O–H groups in total. The summed E-state index contributed by atoms with van der Waals surface area (Å²) in [5, 5.41) is 90.0. The number of rotatable bonds is 8. The number of nitro groups is 1. The quantitative estimate of drug-likeness (QED) is 0.0200. The Balaban J connectivity index is -0.00000133. The van der Waals surface area contributed by atoms with Crippen molar-refractivity contribution >= 4 is 121 Å². The number of nitro benzene ring substituents is 1. The summed E-state index contributed by atoms with van der Waals surface area (Å²) in [7, 11) is 4.03. The van der Waals surface area contributed by atoms with Crippen LogP contribution in [0.2, 0.25) is 0 Å². The fraction of sp³-hybridized carbons (Fsp3) is 0.133. The Bertz CT molecular complexity index is 5900. The SMILES string of the molecule is C.C.C.C.C.C.COC(=O)/C(C)=C1\C=C(C(C)=C([O-])OC)c2ccccc21.COC(=O)/C(C)=C1\C=C([O-])c2ccccc21.O=C1C=C([O-])c2ccccc21.O=C=O.O=C=O.O=C=O.[C-]#[N+]C(=C=[N-])C1=C/C(=C(\C#N)[N+]#[C-])c2cc([N+](=O)[O-])ccc21.[C-]#[N+]C(=C=[N-])C1=C/C(=C(\C#N)[N+]#[C-])c2ccccc21.[C-]#[N+]C(=C=[N-])C1=CC(=O)c2ccccc21. The van der Waals surface area contributed by atoms with E-state index >= 15 is 0 Å². The van der Waals surface area contributed by atoms with Crippen molar-refractivity contribution in [2.24, 2.45) is 0 Å². The van der Waals surface area contributed by atoms with E-state index in [4.69, 9.17) is 97.9 Å². The minimum Gasteiger partial charge on any atom is -0.872 e. The lowest BCUT2D eigenvalue weighted by Crippen LogP contribution is -2.08. The summed E-state index contributed by atoms with van der Waals surface area (Å²) in [6.07, 6.45) is 9.49. The minimum absolute atomic E-state index is 0. The van der Waals surface area contributed by atoms with Crippen LogP contribution in [0.1, 0.15) is 142 Å². The number of hydrogen-bond acceptors (Lipinski definition) is 20. The average Bonchev–Trinajstić information content (AvgIpc) is 1.63. The molecular formula is C90H71N11O18-6. The molecule has 6 aliphatic carbocycles. The lowest BCUT2D eigenvalue weighted by molar-refractivity contribution is -0.384. The number of nitrogens with zero attached hydrogens (tertiary/aromatic N) is 11. The smallest absolute Gasteiger partial charge is 0.373 e. The molecule has 0 radical (unpaired) electrons. The highest BCUT2D eigenvalue weighted by atomic mass is 16.6. The van der Waals surface area contributed by atoms with Gasteiger partial charge >= 0.3 is 30.4 Å². The fourth-order valence-corrected chi connectivity index (χ4v) is 11.0. The second-order valence-corrected chi connectivity index (χ2v) is 21.8. The second-order valence-electron chi connectivity index (χ2n) is 21.8. The number of methoxy groups -OCH3 is 3. The molecule has 0 aliphatic heterocycles. The van der Waals surface area contributed by atoms with Gasteiger partial charge in [-0.15, -0.1) is 5.76 Å². The van der Waals surface area contributed by atoms with Crippen molar-refractivity contribution in [3.8, 4) is 12.1 Å². The largest absolute Gasteiger partial charge is 0.872 e. The molecule has 0 fully saturated rings.